The molecule has 0 N–H and O–H groups in total. The molecule has 0 unspecified atom stereocenters. The van der Waals surface area contributed by atoms with Gasteiger partial charge in [0.2, 0.25) is 5.89 Å². The predicted octanol–water partition coefficient (Wildman–Crippen LogP) is 3.93. The van der Waals surface area contributed by atoms with Crippen LogP contribution in [-0.2, 0) is 6.61 Å². The molecule has 0 atom stereocenters. The maximum Gasteiger partial charge on any atom is 0.254 e. The summed E-state index contributed by atoms with van der Waals surface area (Å²) in [5.74, 6) is 1.82. The summed E-state index contributed by atoms with van der Waals surface area (Å²) in [6, 6.07) is 15.7. The van der Waals surface area contributed by atoms with Gasteiger partial charge < -0.3 is 9.15 Å². The molecule has 0 radical (unpaired) electrons. The van der Waals surface area contributed by atoms with Gasteiger partial charge in [-0.3, -0.25) is 0 Å². The average molecular weight is 280 g/mol. The lowest BCUT2D eigenvalue weighted by atomic mass is 10.1. The molecule has 0 saturated carbocycles. The van der Waals surface area contributed by atoms with Gasteiger partial charge in [-0.1, -0.05) is 30.3 Å². The largest absolute Gasteiger partial charge is 0.484 e. The monoisotopic (exact) mass is 280 g/mol. The van der Waals surface area contributed by atoms with Crippen molar-refractivity contribution in [3.63, 3.8) is 0 Å². The molecule has 0 aliphatic rings. The van der Waals surface area contributed by atoms with E-state index in [-0.39, 0.29) is 6.61 Å². The molecule has 0 spiro atoms. The Balaban J connectivity index is 1.72. The van der Waals surface area contributed by atoms with Crippen molar-refractivity contribution < 1.29 is 9.15 Å². The Bertz CT molecular complexity index is 736. The van der Waals surface area contributed by atoms with E-state index in [1.807, 2.05) is 49.4 Å². The van der Waals surface area contributed by atoms with Crippen molar-refractivity contribution in [3.05, 3.63) is 65.5 Å². The first-order chi connectivity index (χ1) is 10.2. The second-order valence-electron chi connectivity index (χ2n) is 4.85. The number of nitrogens with zero attached hydrogens (tertiary/aromatic N) is 2. The van der Waals surface area contributed by atoms with Crippen LogP contribution in [-0.4, -0.2) is 10.2 Å². The molecule has 2 aromatic carbocycles. The summed E-state index contributed by atoms with van der Waals surface area (Å²) in [5.41, 5.74) is 3.23. The Morgan fingerprint density at radius 2 is 1.76 bits per heavy atom. The van der Waals surface area contributed by atoms with Crippen molar-refractivity contribution in [2.75, 3.05) is 0 Å². The second kappa shape index (κ2) is 5.79. The van der Waals surface area contributed by atoms with Gasteiger partial charge in [-0.15, -0.1) is 10.2 Å². The van der Waals surface area contributed by atoms with Gasteiger partial charge in [0.15, 0.2) is 6.61 Å². The molecule has 21 heavy (non-hydrogen) atoms. The van der Waals surface area contributed by atoms with Gasteiger partial charge in [-0.05, 0) is 43.2 Å². The number of benzene rings is 2. The summed E-state index contributed by atoms with van der Waals surface area (Å²) in [4.78, 5) is 0. The summed E-state index contributed by atoms with van der Waals surface area (Å²) in [6.45, 7) is 4.36. The fourth-order valence-corrected chi connectivity index (χ4v) is 2.03. The molecule has 0 bridgehead atoms. The molecule has 0 aliphatic carbocycles. The number of hydrogen-bond donors (Lipinski definition) is 0. The standard InChI is InChI=1S/C17H16N2O2/c1-12-7-6-10-15(13(12)2)20-11-16-18-19-17(21-16)14-8-4-3-5-9-14/h3-10H,11H2,1-2H3. The van der Waals surface area contributed by atoms with Crippen molar-refractivity contribution in [1.29, 1.82) is 0 Å². The van der Waals surface area contributed by atoms with Gasteiger partial charge in [0.25, 0.3) is 5.89 Å². The van der Waals surface area contributed by atoms with E-state index in [0.717, 1.165) is 16.9 Å². The zero-order chi connectivity index (χ0) is 14.7. The van der Waals surface area contributed by atoms with Crippen LogP contribution < -0.4 is 4.74 Å². The van der Waals surface area contributed by atoms with Crippen LogP contribution in [0.4, 0.5) is 0 Å². The molecule has 4 nitrogen and oxygen atoms in total. The minimum absolute atomic E-state index is 0.268. The van der Waals surface area contributed by atoms with Crippen LogP contribution in [0.15, 0.2) is 52.9 Å². The third-order valence-electron chi connectivity index (χ3n) is 3.39. The third-order valence-corrected chi connectivity index (χ3v) is 3.39. The maximum absolute atomic E-state index is 5.76. The molecule has 4 heteroatoms. The van der Waals surface area contributed by atoms with Gasteiger partial charge >= 0.3 is 0 Å². The molecule has 0 amide bonds. The lowest BCUT2D eigenvalue weighted by molar-refractivity contribution is 0.263. The first kappa shape index (κ1) is 13.4. The quantitative estimate of drug-likeness (QED) is 0.726. The molecule has 0 saturated heterocycles. The topological polar surface area (TPSA) is 48.2 Å². The number of aromatic nitrogens is 2. The number of rotatable bonds is 4. The molecule has 3 aromatic rings. The number of ether oxygens (including phenoxy) is 1. The van der Waals surface area contributed by atoms with Crippen molar-refractivity contribution in [1.82, 2.24) is 10.2 Å². The Morgan fingerprint density at radius 1 is 0.952 bits per heavy atom. The van der Waals surface area contributed by atoms with E-state index in [1.165, 1.54) is 5.56 Å². The average Bonchev–Trinajstić information content (AvgIpc) is 2.99. The molecule has 3 rings (SSSR count). The predicted molar refractivity (Wildman–Crippen MR) is 80.0 cm³/mol. The number of aryl methyl sites for hydroxylation is 1. The SMILES string of the molecule is Cc1cccc(OCc2nnc(-c3ccccc3)o2)c1C. The van der Waals surface area contributed by atoms with E-state index >= 15 is 0 Å². The van der Waals surface area contributed by atoms with Crippen LogP contribution in [0, 0.1) is 13.8 Å². The van der Waals surface area contributed by atoms with Crippen molar-refractivity contribution in [3.8, 4) is 17.2 Å². The minimum atomic E-state index is 0.268. The van der Waals surface area contributed by atoms with Gasteiger partial charge in [0.05, 0.1) is 0 Å². The summed E-state index contributed by atoms with van der Waals surface area (Å²) in [5, 5.41) is 8.06. The first-order valence-corrected chi connectivity index (χ1v) is 6.81. The molecular formula is C17H16N2O2. The normalized spacial score (nSPS) is 10.6. The van der Waals surface area contributed by atoms with Crippen LogP contribution >= 0.6 is 0 Å². The highest BCUT2D eigenvalue weighted by Gasteiger charge is 2.09. The fourth-order valence-electron chi connectivity index (χ4n) is 2.03. The number of hydrogen-bond acceptors (Lipinski definition) is 4. The van der Waals surface area contributed by atoms with Gasteiger partial charge in [0.1, 0.15) is 5.75 Å². The van der Waals surface area contributed by atoms with Gasteiger partial charge in [-0.2, -0.15) is 0 Å². The summed E-state index contributed by atoms with van der Waals surface area (Å²) in [7, 11) is 0. The van der Waals surface area contributed by atoms with E-state index in [4.69, 9.17) is 9.15 Å². The highest BCUT2D eigenvalue weighted by Crippen LogP contribution is 2.22. The Labute approximate surface area is 123 Å². The molecule has 0 fully saturated rings. The van der Waals surface area contributed by atoms with Gasteiger partial charge in [-0.25, -0.2) is 0 Å². The molecule has 1 heterocycles. The van der Waals surface area contributed by atoms with Crippen LogP contribution in [0.2, 0.25) is 0 Å². The van der Waals surface area contributed by atoms with Crippen molar-refractivity contribution >= 4 is 0 Å². The third kappa shape index (κ3) is 2.94. The van der Waals surface area contributed by atoms with E-state index in [0.29, 0.717) is 11.8 Å². The van der Waals surface area contributed by atoms with Crippen molar-refractivity contribution in [2.24, 2.45) is 0 Å². The lowest BCUT2D eigenvalue weighted by Crippen LogP contribution is -1.98. The second-order valence-corrected chi connectivity index (χ2v) is 4.85. The van der Waals surface area contributed by atoms with Crippen LogP contribution in [0.3, 0.4) is 0 Å². The first-order valence-electron chi connectivity index (χ1n) is 6.81. The highest BCUT2D eigenvalue weighted by atomic mass is 16.5. The van der Waals surface area contributed by atoms with Gasteiger partial charge in [0, 0.05) is 5.56 Å². The van der Waals surface area contributed by atoms with E-state index in [2.05, 4.69) is 23.2 Å². The Hall–Kier alpha value is -2.62. The van der Waals surface area contributed by atoms with Crippen LogP contribution in [0.1, 0.15) is 17.0 Å². The molecule has 0 aliphatic heterocycles. The summed E-state index contributed by atoms with van der Waals surface area (Å²) in [6.07, 6.45) is 0. The van der Waals surface area contributed by atoms with E-state index < -0.39 is 0 Å². The van der Waals surface area contributed by atoms with Crippen molar-refractivity contribution in [2.45, 2.75) is 20.5 Å². The Kier molecular flexibility index (Phi) is 3.69. The zero-order valence-electron chi connectivity index (χ0n) is 12.0. The highest BCUT2D eigenvalue weighted by molar-refractivity contribution is 5.51. The molecule has 106 valence electrons. The minimum Gasteiger partial charge on any atom is -0.484 e. The van der Waals surface area contributed by atoms with Crippen LogP contribution in [0.5, 0.6) is 5.75 Å². The van der Waals surface area contributed by atoms with E-state index in [9.17, 15) is 0 Å². The van der Waals surface area contributed by atoms with E-state index in [1.54, 1.807) is 0 Å². The lowest BCUT2D eigenvalue weighted by Gasteiger charge is -2.08. The van der Waals surface area contributed by atoms with Crippen LogP contribution in [0.25, 0.3) is 11.5 Å². The maximum atomic E-state index is 5.76. The zero-order valence-corrected chi connectivity index (χ0v) is 12.0. The molecular weight excluding hydrogens is 264 g/mol. The molecule has 1 aromatic heterocycles. The fraction of sp³-hybridized carbons (Fsp3) is 0.176. The Morgan fingerprint density at radius 3 is 2.57 bits per heavy atom. The summed E-state index contributed by atoms with van der Waals surface area (Å²) >= 11 is 0. The summed E-state index contributed by atoms with van der Waals surface area (Å²) < 4.78 is 11.4. The smallest absolute Gasteiger partial charge is 0.254 e.